The second-order valence-corrected chi connectivity index (χ2v) is 8.78. The molecule has 2 unspecified atom stereocenters. The van der Waals surface area contributed by atoms with Gasteiger partial charge in [-0.25, -0.2) is 8.42 Å². The zero-order valence-corrected chi connectivity index (χ0v) is 13.2. The second kappa shape index (κ2) is 6.19. The van der Waals surface area contributed by atoms with Crippen LogP contribution in [-0.2, 0) is 9.84 Å². The first-order valence-electron chi connectivity index (χ1n) is 6.39. The van der Waals surface area contributed by atoms with Crippen LogP contribution in [0.4, 0.5) is 0 Å². The summed E-state index contributed by atoms with van der Waals surface area (Å²) in [7, 11) is -1.20. The van der Waals surface area contributed by atoms with Crippen molar-refractivity contribution in [2.24, 2.45) is 11.8 Å². The zero-order valence-electron chi connectivity index (χ0n) is 12.4. The van der Waals surface area contributed by atoms with Crippen LogP contribution in [0.5, 0.6) is 0 Å². The van der Waals surface area contributed by atoms with Crippen molar-refractivity contribution in [3.63, 3.8) is 0 Å². The molecule has 1 N–H and O–H groups in total. The van der Waals surface area contributed by atoms with Gasteiger partial charge in [-0.2, -0.15) is 0 Å². The molecule has 0 aromatic rings. The molecule has 0 saturated heterocycles. The molecule has 0 rings (SSSR count). The standard InChI is InChI=1S/C13H29NO2S/c1-10(2)8-11(3)9-12(14-6)13(4,5)17(7,15)16/h10-12,14H,8-9H2,1-7H3. The SMILES string of the molecule is CNC(CC(C)CC(C)C)C(C)(C)S(C)(=O)=O. The van der Waals surface area contributed by atoms with E-state index < -0.39 is 14.6 Å². The van der Waals surface area contributed by atoms with Gasteiger partial charge in [-0.3, -0.25) is 0 Å². The number of hydrogen-bond acceptors (Lipinski definition) is 3. The number of rotatable bonds is 7. The van der Waals surface area contributed by atoms with Crippen LogP contribution < -0.4 is 5.32 Å². The summed E-state index contributed by atoms with van der Waals surface area (Å²) in [5.74, 6) is 1.19. The normalized spacial score (nSPS) is 17.2. The van der Waals surface area contributed by atoms with E-state index >= 15 is 0 Å². The Kier molecular flexibility index (Phi) is 6.15. The van der Waals surface area contributed by atoms with Crippen molar-refractivity contribution in [3.8, 4) is 0 Å². The van der Waals surface area contributed by atoms with Gasteiger partial charge in [0.25, 0.3) is 0 Å². The molecule has 3 nitrogen and oxygen atoms in total. The molecule has 0 fully saturated rings. The Morgan fingerprint density at radius 2 is 1.59 bits per heavy atom. The summed E-state index contributed by atoms with van der Waals surface area (Å²) in [5, 5.41) is 3.17. The fraction of sp³-hybridized carbons (Fsp3) is 1.00. The summed E-state index contributed by atoms with van der Waals surface area (Å²) >= 11 is 0. The van der Waals surface area contributed by atoms with Crippen molar-refractivity contribution in [1.82, 2.24) is 5.32 Å². The highest BCUT2D eigenvalue weighted by molar-refractivity contribution is 7.92. The quantitative estimate of drug-likeness (QED) is 0.767. The van der Waals surface area contributed by atoms with E-state index in [1.54, 1.807) is 0 Å². The minimum absolute atomic E-state index is 0.00579. The van der Waals surface area contributed by atoms with Gasteiger partial charge in [0.2, 0.25) is 0 Å². The van der Waals surface area contributed by atoms with Crippen molar-refractivity contribution >= 4 is 9.84 Å². The van der Waals surface area contributed by atoms with Crippen LogP contribution in [0.3, 0.4) is 0 Å². The molecule has 104 valence electrons. The Morgan fingerprint density at radius 3 is 1.88 bits per heavy atom. The van der Waals surface area contributed by atoms with Crippen molar-refractivity contribution in [3.05, 3.63) is 0 Å². The van der Waals surface area contributed by atoms with Gasteiger partial charge in [0.15, 0.2) is 9.84 Å². The van der Waals surface area contributed by atoms with Crippen LogP contribution in [0.25, 0.3) is 0 Å². The van der Waals surface area contributed by atoms with Gasteiger partial charge in [-0.15, -0.1) is 0 Å². The average molecular weight is 263 g/mol. The maximum absolute atomic E-state index is 11.8. The molecule has 0 aliphatic carbocycles. The minimum Gasteiger partial charge on any atom is -0.315 e. The summed E-state index contributed by atoms with van der Waals surface area (Å²) in [6.45, 7) is 10.2. The molecule has 0 aromatic carbocycles. The maximum atomic E-state index is 11.8. The molecule has 0 radical (unpaired) electrons. The van der Waals surface area contributed by atoms with Crippen LogP contribution in [0.2, 0.25) is 0 Å². The van der Waals surface area contributed by atoms with Crippen molar-refractivity contribution in [2.45, 2.75) is 58.2 Å². The van der Waals surface area contributed by atoms with Gasteiger partial charge in [0.05, 0.1) is 4.75 Å². The molecule has 0 heterocycles. The largest absolute Gasteiger partial charge is 0.315 e. The van der Waals surface area contributed by atoms with Gasteiger partial charge >= 0.3 is 0 Å². The lowest BCUT2D eigenvalue weighted by atomic mass is 9.88. The van der Waals surface area contributed by atoms with Crippen LogP contribution >= 0.6 is 0 Å². The highest BCUT2D eigenvalue weighted by Gasteiger charge is 2.38. The highest BCUT2D eigenvalue weighted by atomic mass is 32.2. The molecule has 0 bridgehead atoms. The Bertz CT molecular complexity index is 320. The lowest BCUT2D eigenvalue weighted by Gasteiger charge is -2.34. The van der Waals surface area contributed by atoms with E-state index in [1.165, 1.54) is 6.26 Å². The average Bonchev–Trinajstić information content (AvgIpc) is 2.10. The summed E-state index contributed by atoms with van der Waals surface area (Å²) < 4.78 is 22.9. The predicted molar refractivity (Wildman–Crippen MR) is 75.0 cm³/mol. The van der Waals surface area contributed by atoms with Gasteiger partial charge in [0.1, 0.15) is 0 Å². The van der Waals surface area contributed by atoms with E-state index in [0.717, 1.165) is 12.8 Å². The first kappa shape index (κ1) is 16.9. The molecule has 0 saturated carbocycles. The van der Waals surface area contributed by atoms with E-state index in [-0.39, 0.29) is 6.04 Å². The zero-order chi connectivity index (χ0) is 13.9. The van der Waals surface area contributed by atoms with Crippen LogP contribution in [0, 0.1) is 11.8 Å². The summed E-state index contributed by atoms with van der Waals surface area (Å²) in [6, 6.07) is 0.00579. The number of hydrogen-bond donors (Lipinski definition) is 1. The Hall–Kier alpha value is -0.0900. The van der Waals surface area contributed by atoms with E-state index in [0.29, 0.717) is 11.8 Å². The van der Waals surface area contributed by atoms with E-state index in [9.17, 15) is 8.42 Å². The Balaban J connectivity index is 4.75. The lowest BCUT2D eigenvalue weighted by molar-refractivity contribution is 0.323. The van der Waals surface area contributed by atoms with Crippen LogP contribution in [-0.4, -0.2) is 32.5 Å². The molecule has 0 aromatic heterocycles. The molecular weight excluding hydrogens is 234 g/mol. The summed E-state index contributed by atoms with van der Waals surface area (Å²) in [4.78, 5) is 0. The highest BCUT2D eigenvalue weighted by Crippen LogP contribution is 2.27. The molecule has 0 aliphatic heterocycles. The molecular formula is C13H29NO2S. The molecule has 0 amide bonds. The lowest BCUT2D eigenvalue weighted by Crippen LogP contribution is -2.51. The van der Waals surface area contributed by atoms with E-state index in [4.69, 9.17) is 0 Å². The topological polar surface area (TPSA) is 46.2 Å². The Labute approximate surface area is 107 Å². The van der Waals surface area contributed by atoms with Gasteiger partial charge in [0, 0.05) is 12.3 Å². The summed E-state index contributed by atoms with van der Waals surface area (Å²) in [5.41, 5.74) is 0. The fourth-order valence-corrected chi connectivity index (χ4v) is 3.04. The summed E-state index contributed by atoms with van der Waals surface area (Å²) in [6.07, 6.45) is 3.36. The van der Waals surface area contributed by atoms with Crippen LogP contribution in [0.15, 0.2) is 0 Å². The van der Waals surface area contributed by atoms with E-state index in [1.807, 2.05) is 20.9 Å². The van der Waals surface area contributed by atoms with Crippen molar-refractivity contribution in [1.29, 1.82) is 0 Å². The molecule has 0 aliphatic rings. The smallest absolute Gasteiger partial charge is 0.154 e. The van der Waals surface area contributed by atoms with Crippen molar-refractivity contribution in [2.75, 3.05) is 13.3 Å². The first-order chi connectivity index (χ1) is 7.52. The van der Waals surface area contributed by atoms with Gasteiger partial charge in [-0.1, -0.05) is 20.8 Å². The van der Waals surface area contributed by atoms with Gasteiger partial charge in [-0.05, 0) is 45.6 Å². The minimum atomic E-state index is -3.05. The number of sulfone groups is 1. The molecule has 4 heteroatoms. The fourth-order valence-electron chi connectivity index (χ4n) is 2.31. The molecule has 0 spiro atoms. The monoisotopic (exact) mass is 263 g/mol. The van der Waals surface area contributed by atoms with Crippen molar-refractivity contribution < 1.29 is 8.42 Å². The van der Waals surface area contributed by atoms with Gasteiger partial charge < -0.3 is 5.32 Å². The third kappa shape index (κ3) is 4.96. The second-order valence-electron chi connectivity index (χ2n) is 6.19. The number of nitrogens with one attached hydrogen (secondary N) is 1. The van der Waals surface area contributed by atoms with E-state index in [2.05, 4.69) is 26.1 Å². The molecule has 2 atom stereocenters. The maximum Gasteiger partial charge on any atom is 0.154 e. The van der Waals surface area contributed by atoms with Crippen LogP contribution in [0.1, 0.15) is 47.5 Å². The Morgan fingerprint density at radius 1 is 1.12 bits per heavy atom. The third-order valence-corrected chi connectivity index (χ3v) is 5.85. The first-order valence-corrected chi connectivity index (χ1v) is 8.28. The predicted octanol–water partition coefficient (Wildman–Crippen LogP) is 2.47. The molecule has 17 heavy (non-hydrogen) atoms. The third-order valence-electron chi connectivity index (χ3n) is 3.66.